The first-order valence-corrected chi connectivity index (χ1v) is 11.4. The second-order valence-corrected chi connectivity index (χ2v) is 9.47. The highest BCUT2D eigenvalue weighted by Gasteiger charge is 2.15. The van der Waals surface area contributed by atoms with Crippen molar-refractivity contribution in [3.05, 3.63) is 47.5 Å². The van der Waals surface area contributed by atoms with Gasteiger partial charge in [0.25, 0.3) is 0 Å². The number of benzene rings is 2. The molecule has 4 aromatic rings. The number of Topliss-reactive ketones (excluding diaryl/α,β-unsaturated/α-hetero) is 1. The minimum Gasteiger partial charge on any atom is -0.349 e. The van der Waals surface area contributed by atoms with Crippen LogP contribution in [-0.4, -0.2) is 45.2 Å². The van der Waals surface area contributed by atoms with Gasteiger partial charge >= 0.3 is 0 Å². The molecule has 0 bridgehead atoms. The number of carbonyl (C=O) groups is 2. The highest BCUT2D eigenvalue weighted by Crippen LogP contribution is 2.31. The molecule has 0 unspecified atom stereocenters. The molecule has 0 aliphatic heterocycles. The Kier molecular flexibility index (Phi) is 5.97. The van der Waals surface area contributed by atoms with Gasteiger partial charge in [-0.15, -0.1) is 0 Å². The zero-order valence-electron chi connectivity index (χ0n) is 19.0. The van der Waals surface area contributed by atoms with Crippen LogP contribution >= 0.6 is 11.3 Å². The summed E-state index contributed by atoms with van der Waals surface area (Å²) in [6.45, 7) is 4.36. The molecule has 32 heavy (non-hydrogen) atoms. The fourth-order valence-electron chi connectivity index (χ4n) is 3.52. The first-order chi connectivity index (χ1) is 15.2. The van der Waals surface area contributed by atoms with E-state index >= 15 is 0 Å². The van der Waals surface area contributed by atoms with Crippen LogP contribution in [0.1, 0.15) is 48.5 Å². The lowest BCUT2D eigenvalue weighted by Gasteiger charge is -2.09. The largest absolute Gasteiger partial charge is 0.349 e. The molecule has 1 amide bonds. The van der Waals surface area contributed by atoms with E-state index < -0.39 is 0 Å². The zero-order valence-corrected chi connectivity index (χ0v) is 19.8. The van der Waals surface area contributed by atoms with Crippen LogP contribution in [0, 0.1) is 0 Å². The predicted octanol–water partition coefficient (Wildman–Crippen LogP) is 5.10. The Labute approximate surface area is 191 Å². The minimum absolute atomic E-state index is 0.0555. The van der Waals surface area contributed by atoms with Gasteiger partial charge < -0.3 is 14.8 Å². The van der Waals surface area contributed by atoms with E-state index in [1.165, 1.54) is 10.5 Å². The van der Waals surface area contributed by atoms with E-state index in [0.717, 1.165) is 26.4 Å². The lowest BCUT2D eigenvalue weighted by atomic mass is 10.0. The molecule has 1 N–H and O–H groups in total. The highest BCUT2D eigenvalue weighted by molar-refractivity contribution is 7.22. The maximum Gasteiger partial charge on any atom is 0.222 e. The van der Waals surface area contributed by atoms with Crippen molar-refractivity contribution in [1.29, 1.82) is 0 Å². The van der Waals surface area contributed by atoms with Crippen LogP contribution < -0.4 is 5.32 Å². The summed E-state index contributed by atoms with van der Waals surface area (Å²) >= 11 is 1.60. The van der Waals surface area contributed by atoms with Crippen molar-refractivity contribution in [1.82, 2.24) is 19.4 Å². The number of amides is 1. The number of fused-ring (bicyclic) bond motifs is 2. The third-order valence-corrected chi connectivity index (χ3v) is 6.50. The Balaban J connectivity index is 1.56. The van der Waals surface area contributed by atoms with Crippen LogP contribution in [0.4, 0.5) is 11.1 Å². The van der Waals surface area contributed by atoms with Gasteiger partial charge in [-0.1, -0.05) is 31.3 Å². The molecule has 2 heterocycles. The van der Waals surface area contributed by atoms with Crippen LogP contribution in [0.3, 0.4) is 0 Å². The third kappa shape index (κ3) is 4.36. The first kappa shape index (κ1) is 22.0. The van der Waals surface area contributed by atoms with Crippen molar-refractivity contribution < 1.29 is 9.59 Å². The number of nitrogens with zero attached hydrogens (tertiary/aromatic N) is 4. The number of thiazole rings is 1. The maximum absolute atomic E-state index is 12.5. The van der Waals surface area contributed by atoms with Gasteiger partial charge in [0, 0.05) is 39.5 Å². The van der Waals surface area contributed by atoms with Crippen molar-refractivity contribution in [3.8, 4) is 0 Å². The predicted molar refractivity (Wildman–Crippen MR) is 130 cm³/mol. The molecule has 0 aliphatic rings. The molecule has 0 saturated heterocycles. The average molecular weight is 450 g/mol. The first-order valence-electron chi connectivity index (χ1n) is 10.6. The molecule has 2 aromatic heterocycles. The highest BCUT2D eigenvalue weighted by atomic mass is 32.1. The van der Waals surface area contributed by atoms with Gasteiger partial charge in [0.1, 0.15) is 0 Å². The van der Waals surface area contributed by atoms with E-state index in [4.69, 9.17) is 0 Å². The summed E-state index contributed by atoms with van der Waals surface area (Å²) in [6.07, 6.45) is 0.388. The fraction of sp³-hybridized carbons (Fsp3) is 0.333. The second kappa shape index (κ2) is 8.70. The van der Waals surface area contributed by atoms with Gasteiger partial charge in [0.2, 0.25) is 11.9 Å². The number of anilines is 2. The standard InChI is InChI=1S/C24H27N5O2S/c1-14(2)15-6-8-17-21(13-15)32-24(26-17)27-23-25-18-12-16(7-9-19(18)29(23)5)20(30)10-11-22(31)28(3)4/h6-9,12-14H,10-11H2,1-5H3,(H,25,26,27). The summed E-state index contributed by atoms with van der Waals surface area (Å²) in [6, 6.07) is 11.8. The molecule has 2 aromatic carbocycles. The Morgan fingerprint density at radius 3 is 2.56 bits per heavy atom. The monoisotopic (exact) mass is 449 g/mol. The normalized spacial score (nSPS) is 11.4. The summed E-state index contributed by atoms with van der Waals surface area (Å²) in [5.41, 5.74) is 4.45. The van der Waals surface area contributed by atoms with Gasteiger partial charge in [-0.3, -0.25) is 9.59 Å². The summed E-state index contributed by atoms with van der Waals surface area (Å²) in [7, 11) is 5.31. The van der Waals surface area contributed by atoms with Crippen molar-refractivity contribution in [2.24, 2.45) is 7.05 Å². The Hall–Kier alpha value is -3.26. The van der Waals surface area contributed by atoms with E-state index in [2.05, 4.69) is 47.3 Å². The average Bonchev–Trinajstić information content (AvgIpc) is 3.30. The van der Waals surface area contributed by atoms with Gasteiger partial charge in [0.05, 0.1) is 21.3 Å². The number of rotatable bonds is 7. The smallest absolute Gasteiger partial charge is 0.222 e. The number of ketones is 1. The summed E-state index contributed by atoms with van der Waals surface area (Å²) in [5.74, 6) is 1.01. The molecule has 0 radical (unpaired) electrons. The number of nitrogens with one attached hydrogen (secondary N) is 1. The SMILES string of the molecule is CC(C)c1ccc2nc(Nc3nc4cc(C(=O)CCC(=O)N(C)C)ccc4n3C)sc2c1. The summed E-state index contributed by atoms with van der Waals surface area (Å²) in [5, 5.41) is 4.10. The van der Waals surface area contributed by atoms with Crippen molar-refractivity contribution in [2.75, 3.05) is 19.4 Å². The quantitative estimate of drug-likeness (QED) is 0.397. The van der Waals surface area contributed by atoms with E-state index in [-0.39, 0.29) is 24.5 Å². The van der Waals surface area contributed by atoms with Gasteiger partial charge in [-0.05, 0) is 41.8 Å². The lowest BCUT2D eigenvalue weighted by molar-refractivity contribution is -0.128. The molecule has 0 fully saturated rings. The van der Waals surface area contributed by atoms with Crippen LogP contribution in [0.25, 0.3) is 21.3 Å². The van der Waals surface area contributed by atoms with Crippen molar-refractivity contribution in [2.45, 2.75) is 32.6 Å². The number of aryl methyl sites for hydroxylation is 1. The molecular formula is C24H27N5O2S. The molecule has 166 valence electrons. The minimum atomic E-state index is -0.0607. The van der Waals surface area contributed by atoms with Crippen LogP contribution in [-0.2, 0) is 11.8 Å². The van der Waals surface area contributed by atoms with Crippen molar-refractivity contribution in [3.63, 3.8) is 0 Å². The number of carbonyl (C=O) groups excluding carboxylic acids is 2. The van der Waals surface area contributed by atoms with Gasteiger partial charge in [-0.2, -0.15) is 0 Å². The summed E-state index contributed by atoms with van der Waals surface area (Å²) < 4.78 is 3.09. The van der Waals surface area contributed by atoms with Gasteiger partial charge in [-0.25, -0.2) is 9.97 Å². The van der Waals surface area contributed by atoms with Crippen molar-refractivity contribution >= 4 is 55.4 Å². The lowest BCUT2D eigenvalue weighted by Crippen LogP contribution is -2.22. The number of imidazole rings is 1. The van der Waals surface area contributed by atoms with Crippen LogP contribution in [0.5, 0.6) is 0 Å². The second-order valence-electron chi connectivity index (χ2n) is 8.44. The Bertz CT molecular complexity index is 1320. The molecule has 4 rings (SSSR count). The number of aromatic nitrogens is 3. The van der Waals surface area contributed by atoms with E-state index in [1.54, 1.807) is 37.6 Å². The topological polar surface area (TPSA) is 80.1 Å². The molecule has 0 spiro atoms. The molecule has 7 nitrogen and oxygen atoms in total. The fourth-order valence-corrected chi connectivity index (χ4v) is 4.43. The molecular weight excluding hydrogens is 422 g/mol. The van der Waals surface area contributed by atoms with Crippen LogP contribution in [0.2, 0.25) is 0 Å². The molecule has 0 aliphatic carbocycles. The summed E-state index contributed by atoms with van der Waals surface area (Å²) in [4.78, 5) is 35.2. The van der Waals surface area contributed by atoms with E-state index in [1.807, 2.05) is 17.7 Å². The van der Waals surface area contributed by atoms with E-state index in [9.17, 15) is 9.59 Å². The zero-order chi connectivity index (χ0) is 23.0. The van der Waals surface area contributed by atoms with E-state index in [0.29, 0.717) is 17.4 Å². The Morgan fingerprint density at radius 1 is 1.06 bits per heavy atom. The van der Waals surface area contributed by atoms with Gasteiger partial charge in [0.15, 0.2) is 10.9 Å². The molecule has 0 atom stereocenters. The Morgan fingerprint density at radius 2 is 1.84 bits per heavy atom. The third-order valence-electron chi connectivity index (χ3n) is 5.57. The maximum atomic E-state index is 12.5. The number of hydrogen-bond donors (Lipinski definition) is 1. The molecule has 8 heteroatoms. The van der Waals surface area contributed by atoms with Crippen LogP contribution in [0.15, 0.2) is 36.4 Å². The number of hydrogen-bond acceptors (Lipinski definition) is 6. The molecule has 0 saturated carbocycles.